The highest BCUT2D eigenvalue weighted by Crippen LogP contribution is 2.21. The van der Waals surface area contributed by atoms with Crippen LogP contribution in [0.15, 0.2) is 40.6 Å². The Hall–Kier alpha value is -0.840. The van der Waals surface area contributed by atoms with Gasteiger partial charge in [0.15, 0.2) is 0 Å². The van der Waals surface area contributed by atoms with Gasteiger partial charge in [0.25, 0.3) is 0 Å². The molecule has 1 aliphatic rings. The van der Waals surface area contributed by atoms with E-state index in [1.165, 1.54) is 5.56 Å². The van der Waals surface area contributed by atoms with Crippen LogP contribution in [0.2, 0.25) is 0 Å². The molecule has 0 saturated carbocycles. The van der Waals surface area contributed by atoms with E-state index in [0.717, 1.165) is 29.7 Å². The molecule has 4 heteroatoms. The van der Waals surface area contributed by atoms with Crippen molar-refractivity contribution >= 4 is 15.9 Å². The Labute approximate surface area is 104 Å². The first kappa shape index (κ1) is 11.6. The van der Waals surface area contributed by atoms with Crippen molar-refractivity contribution in [1.29, 1.82) is 0 Å². The maximum absolute atomic E-state index is 5.56. The number of nitrogens with one attached hydrogen (secondary N) is 1. The molecule has 3 nitrogen and oxygen atoms in total. The molecule has 0 aromatic heterocycles. The predicted octanol–water partition coefficient (Wildman–Crippen LogP) is 2.13. The van der Waals surface area contributed by atoms with Crippen LogP contribution in [0.3, 0.4) is 0 Å². The van der Waals surface area contributed by atoms with Gasteiger partial charge in [-0.3, -0.25) is 5.84 Å². The van der Waals surface area contributed by atoms with Crippen LogP contribution in [0.1, 0.15) is 12.0 Å². The number of benzene rings is 1. The molecule has 0 saturated heterocycles. The van der Waals surface area contributed by atoms with Crippen molar-refractivity contribution in [3.8, 4) is 0 Å². The van der Waals surface area contributed by atoms with Crippen molar-refractivity contribution in [2.24, 2.45) is 5.84 Å². The van der Waals surface area contributed by atoms with Gasteiger partial charge in [-0.25, -0.2) is 5.43 Å². The van der Waals surface area contributed by atoms with Gasteiger partial charge in [-0.15, -0.1) is 0 Å². The summed E-state index contributed by atoms with van der Waals surface area (Å²) in [7, 11) is 0. The largest absolute Gasteiger partial charge is 0.496 e. The molecule has 0 spiro atoms. The minimum atomic E-state index is 0.0567. The first-order chi connectivity index (χ1) is 7.81. The minimum absolute atomic E-state index is 0.0567. The molecule has 0 fully saturated rings. The van der Waals surface area contributed by atoms with Crippen LogP contribution in [0, 0.1) is 0 Å². The molecule has 86 valence electrons. The molecule has 0 bridgehead atoms. The lowest BCUT2D eigenvalue weighted by molar-refractivity contribution is 0.214. The van der Waals surface area contributed by atoms with E-state index >= 15 is 0 Å². The van der Waals surface area contributed by atoms with Gasteiger partial charge in [0.1, 0.15) is 5.76 Å². The van der Waals surface area contributed by atoms with Crippen molar-refractivity contribution in [2.75, 3.05) is 6.61 Å². The number of nitrogens with two attached hydrogens (primary N) is 1. The van der Waals surface area contributed by atoms with E-state index in [1.807, 2.05) is 18.2 Å². The highest BCUT2D eigenvalue weighted by Gasteiger charge is 2.18. The first-order valence-corrected chi connectivity index (χ1v) is 6.13. The molecule has 1 heterocycles. The minimum Gasteiger partial charge on any atom is -0.496 e. The third-order valence-electron chi connectivity index (χ3n) is 2.66. The molecule has 0 aliphatic carbocycles. The standard InChI is InChI=1S/C12H15BrN2O/c13-10-5-2-1-4-9(10)8-11(15-14)12-6-3-7-16-12/h1-2,4-6,11,15H,3,7-8,14H2. The smallest absolute Gasteiger partial charge is 0.111 e. The quantitative estimate of drug-likeness (QED) is 0.657. The maximum Gasteiger partial charge on any atom is 0.111 e. The fourth-order valence-electron chi connectivity index (χ4n) is 1.81. The van der Waals surface area contributed by atoms with Gasteiger partial charge in [0, 0.05) is 10.9 Å². The third kappa shape index (κ3) is 2.64. The Morgan fingerprint density at radius 1 is 1.44 bits per heavy atom. The molecule has 1 aliphatic heterocycles. The van der Waals surface area contributed by atoms with Crippen LogP contribution in [-0.4, -0.2) is 12.6 Å². The van der Waals surface area contributed by atoms with Crippen LogP contribution in [0.5, 0.6) is 0 Å². The lowest BCUT2D eigenvalue weighted by Gasteiger charge is -2.17. The van der Waals surface area contributed by atoms with E-state index < -0.39 is 0 Å². The van der Waals surface area contributed by atoms with Crippen LogP contribution < -0.4 is 11.3 Å². The van der Waals surface area contributed by atoms with Gasteiger partial charge < -0.3 is 4.74 Å². The summed E-state index contributed by atoms with van der Waals surface area (Å²) in [6.45, 7) is 0.767. The molecule has 2 rings (SSSR count). The van der Waals surface area contributed by atoms with Gasteiger partial charge in [0.2, 0.25) is 0 Å². The molecular formula is C12H15BrN2O. The summed E-state index contributed by atoms with van der Waals surface area (Å²) in [4.78, 5) is 0. The SMILES string of the molecule is NNC(Cc1ccccc1Br)C1=CCCO1. The van der Waals surface area contributed by atoms with Gasteiger partial charge in [-0.05, 0) is 24.1 Å². The van der Waals surface area contributed by atoms with E-state index in [9.17, 15) is 0 Å². The van der Waals surface area contributed by atoms with Gasteiger partial charge in [-0.2, -0.15) is 0 Å². The fraction of sp³-hybridized carbons (Fsp3) is 0.333. The third-order valence-corrected chi connectivity index (χ3v) is 3.43. The second-order valence-electron chi connectivity index (χ2n) is 3.76. The fourth-order valence-corrected chi connectivity index (χ4v) is 2.25. The maximum atomic E-state index is 5.56. The molecule has 0 radical (unpaired) electrons. The zero-order chi connectivity index (χ0) is 11.4. The highest BCUT2D eigenvalue weighted by atomic mass is 79.9. The number of halogens is 1. The van der Waals surface area contributed by atoms with Crippen molar-refractivity contribution in [2.45, 2.75) is 18.9 Å². The molecule has 1 aromatic rings. The van der Waals surface area contributed by atoms with Gasteiger partial charge >= 0.3 is 0 Å². The predicted molar refractivity (Wildman–Crippen MR) is 67.6 cm³/mol. The molecule has 3 N–H and O–H groups in total. The van der Waals surface area contributed by atoms with E-state index in [4.69, 9.17) is 10.6 Å². The van der Waals surface area contributed by atoms with E-state index in [-0.39, 0.29) is 6.04 Å². The Kier molecular flexibility index (Phi) is 3.98. The van der Waals surface area contributed by atoms with Crippen LogP contribution >= 0.6 is 15.9 Å². The molecule has 1 aromatic carbocycles. The average molecular weight is 283 g/mol. The monoisotopic (exact) mass is 282 g/mol. The Bertz CT molecular complexity index is 392. The number of hydrogen-bond donors (Lipinski definition) is 2. The molecule has 0 amide bonds. The second-order valence-corrected chi connectivity index (χ2v) is 4.61. The number of hydrogen-bond acceptors (Lipinski definition) is 3. The van der Waals surface area contributed by atoms with Crippen LogP contribution in [0.4, 0.5) is 0 Å². The normalized spacial score (nSPS) is 16.8. The molecule has 1 atom stereocenters. The average Bonchev–Trinajstić information content (AvgIpc) is 2.81. The summed E-state index contributed by atoms with van der Waals surface area (Å²) in [5.41, 5.74) is 4.03. The first-order valence-electron chi connectivity index (χ1n) is 5.33. The number of ether oxygens (including phenoxy) is 1. The zero-order valence-electron chi connectivity index (χ0n) is 8.95. The summed E-state index contributed by atoms with van der Waals surface area (Å²) in [5.74, 6) is 6.52. The highest BCUT2D eigenvalue weighted by molar-refractivity contribution is 9.10. The summed E-state index contributed by atoms with van der Waals surface area (Å²) in [5, 5.41) is 0. The summed E-state index contributed by atoms with van der Waals surface area (Å²) >= 11 is 3.53. The van der Waals surface area contributed by atoms with Crippen molar-refractivity contribution < 1.29 is 4.74 Å². The lowest BCUT2D eigenvalue weighted by atomic mass is 10.0. The summed E-state index contributed by atoms with van der Waals surface area (Å²) < 4.78 is 6.63. The molecular weight excluding hydrogens is 268 g/mol. The Balaban J connectivity index is 2.10. The summed E-state index contributed by atoms with van der Waals surface area (Å²) in [6.07, 6.45) is 3.90. The topological polar surface area (TPSA) is 47.3 Å². The number of rotatable bonds is 4. The van der Waals surface area contributed by atoms with E-state index in [0.29, 0.717) is 0 Å². The molecule has 16 heavy (non-hydrogen) atoms. The van der Waals surface area contributed by atoms with Gasteiger partial charge in [-0.1, -0.05) is 34.1 Å². The van der Waals surface area contributed by atoms with Gasteiger partial charge in [0.05, 0.1) is 12.6 Å². The lowest BCUT2D eigenvalue weighted by Crippen LogP contribution is -2.38. The van der Waals surface area contributed by atoms with E-state index in [1.54, 1.807) is 0 Å². The van der Waals surface area contributed by atoms with Crippen LogP contribution in [-0.2, 0) is 11.2 Å². The second kappa shape index (κ2) is 5.48. The van der Waals surface area contributed by atoms with Crippen molar-refractivity contribution in [3.63, 3.8) is 0 Å². The number of hydrazine groups is 1. The van der Waals surface area contributed by atoms with Crippen LogP contribution in [0.25, 0.3) is 0 Å². The summed E-state index contributed by atoms with van der Waals surface area (Å²) in [6, 6.07) is 8.21. The Morgan fingerprint density at radius 2 is 2.25 bits per heavy atom. The van der Waals surface area contributed by atoms with Crippen molar-refractivity contribution in [1.82, 2.24) is 5.43 Å². The molecule has 1 unspecified atom stereocenters. The Morgan fingerprint density at radius 3 is 2.88 bits per heavy atom. The van der Waals surface area contributed by atoms with Crippen molar-refractivity contribution in [3.05, 3.63) is 46.1 Å². The van der Waals surface area contributed by atoms with E-state index in [2.05, 4.69) is 33.5 Å². The zero-order valence-corrected chi connectivity index (χ0v) is 10.5.